The minimum Gasteiger partial charge on any atom is -0.479 e. The molecule has 0 fully saturated rings. The van der Waals surface area contributed by atoms with Gasteiger partial charge in [-0.25, -0.2) is 0 Å². The molecule has 1 amide bonds. The third kappa shape index (κ3) is 3.69. The smallest absolute Gasteiger partial charge is 0.265 e. The molecular formula is C23H18ClNO4. The zero-order valence-corrected chi connectivity index (χ0v) is 16.6. The van der Waals surface area contributed by atoms with Crippen LogP contribution in [0.25, 0.3) is 21.9 Å². The zero-order valence-electron chi connectivity index (χ0n) is 15.9. The Morgan fingerprint density at radius 2 is 1.86 bits per heavy atom. The highest BCUT2D eigenvalue weighted by Gasteiger charge is 2.17. The van der Waals surface area contributed by atoms with E-state index in [4.69, 9.17) is 20.8 Å². The van der Waals surface area contributed by atoms with Gasteiger partial charge in [-0.05, 0) is 49.7 Å². The van der Waals surface area contributed by atoms with Crippen molar-refractivity contribution >= 4 is 45.1 Å². The molecule has 146 valence electrons. The van der Waals surface area contributed by atoms with Crippen LogP contribution in [0.4, 0.5) is 5.69 Å². The fourth-order valence-electron chi connectivity index (χ4n) is 3.12. The first-order valence-electron chi connectivity index (χ1n) is 9.12. The topological polar surface area (TPSA) is 68.5 Å². The molecule has 1 heterocycles. The van der Waals surface area contributed by atoms with Crippen molar-refractivity contribution < 1.29 is 13.9 Å². The van der Waals surface area contributed by atoms with Crippen LogP contribution in [0.1, 0.15) is 12.5 Å². The number of aryl methyl sites for hydroxylation is 1. The summed E-state index contributed by atoms with van der Waals surface area (Å²) in [6, 6.07) is 17.4. The summed E-state index contributed by atoms with van der Waals surface area (Å²) >= 11 is 6.08. The second-order valence-corrected chi connectivity index (χ2v) is 7.18. The zero-order chi connectivity index (χ0) is 20.5. The molecule has 0 saturated heterocycles. The molecule has 0 radical (unpaired) electrons. The maximum absolute atomic E-state index is 12.7. The van der Waals surface area contributed by atoms with Crippen LogP contribution < -0.4 is 15.5 Å². The van der Waals surface area contributed by atoms with E-state index in [9.17, 15) is 9.59 Å². The van der Waals surface area contributed by atoms with Gasteiger partial charge in [0.25, 0.3) is 5.91 Å². The summed E-state index contributed by atoms with van der Waals surface area (Å²) in [6.45, 7) is 3.52. The van der Waals surface area contributed by atoms with E-state index in [1.807, 2.05) is 19.1 Å². The van der Waals surface area contributed by atoms with Crippen LogP contribution in [0.5, 0.6) is 5.75 Å². The van der Waals surface area contributed by atoms with Gasteiger partial charge in [0.1, 0.15) is 16.9 Å². The van der Waals surface area contributed by atoms with Crippen LogP contribution in [0.2, 0.25) is 5.02 Å². The van der Waals surface area contributed by atoms with E-state index >= 15 is 0 Å². The lowest BCUT2D eigenvalue weighted by molar-refractivity contribution is -0.122. The monoisotopic (exact) mass is 407 g/mol. The van der Waals surface area contributed by atoms with Crippen LogP contribution >= 0.6 is 11.6 Å². The van der Waals surface area contributed by atoms with Gasteiger partial charge in [0, 0.05) is 11.8 Å². The molecular weight excluding hydrogens is 390 g/mol. The summed E-state index contributed by atoms with van der Waals surface area (Å²) < 4.78 is 11.6. The second kappa shape index (κ2) is 7.60. The summed E-state index contributed by atoms with van der Waals surface area (Å²) in [5.41, 5.74) is 2.24. The summed E-state index contributed by atoms with van der Waals surface area (Å²) in [4.78, 5) is 25.3. The fraction of sp³-hybridized carbons (Fsp3) is 0.130. The van der Waals surface area contributed by atoms with Crippen molar-refractivity contribution in [3.63, 3.8) is 0 Å². The fourth-order valence-corrected chi connectivity index (χ4v) is 3.30. The number of anilines is 1. The van der Waals surface area contributed by atoms with Crippen LogP contribution in [0, 0.1) is 6.92 Å². The standard InChI is InChI=1S/C23H18ClNO4/c1-13-6-5-7-17-21(26)16-11-10-15(12-20(16)29-22(13)17)25-23(27)14(2)28-19-9-4-3-8-18(19)24/h3-12,14H,1-2H3,(H,25,27). The largest absolute Gasteiger partial charge is 0.479 e. The van der Waals surface area contributed by atoms with E-state index < -0.39 is 6.10 Å². The van der Waals surface area contributed by atoms with Gasteiger partial charge in [0.2, 0.25) is 5.43 Å². The summed E-state index contributed by atoms with van der Waals surface area (Å²) in [7, 11) is 0. The number of nitrogens with one attached hydrogen (secondary N) is 1. The van der Waals surface area contributed by atoms with Crippen molar-refractivity contribution in [3.8, 4) is 5.75 Å². The van der Waals surface area contributed by atoms with Crippen LogP contribution in [-0.4, -0.2) is 12.0 Å². The first-order chi connectivity index (χ1) is 13.9. The van der Waals surface area contributed by atoms with Crippen molar-refractivity contribution in [3.05, 3.63) is 81.5 Å². The van der Waals surface area contributed by atoms with E-state index in [0.717, 1.165) is 5.56 Å². The molecule has 5 nitrogen and oxygen atoms in total. The van der Waals surface area contributed by atoms with Gasteiger partial charge in [0.05, 0.1) is 15.8 Å². The van der Waals surface area contributed by atoms with Crippen molar-refractivity contribution in [1.82, 2.24) is 0 Å². The molecule has 4 rings (SSSR count). The number of para-hydroxylation sites is 2. The molecule has 3 aromatic carbocycles. The van der Waals surface area contributed by atoms with Gasteiger partial charge >= 0.3 is 0 Å². The van der Waals surface area contributed by atoms with Gasteiger partial charge in [-0.15, -0.1) is 0 Å². The first-order valence-corrected chi connectivity index (χ1v) is 9.50. The predicted octanol–water partition coefficient (Wildman–Crippen LogP) is 5.31. The summed E-state index contributed by atoms with van der Waals surface area (Å²) in [5.74, 6) is 0.0897. The molecule has 4 aromatic rings. The van der Waals surface area contributed by atoms with Gasteiger partial charge < -0.3 is 14.5 Å². The Labute approximate surface area is 171 Å². The average molecular weight is 408 g/mol. The lowest BCUT2D eigenvalue weighted by Crippen LogP contribution is -2.30. The van der Waals surface area contributed by atoms with Crippen molar-refractivity contribution in [2.24, 2.45) is 0 Å². The molecule has 0 aliphatic rings. The maximum Gasteiger partial charge on any atom is 0.265 e. The van der Waals surface area contributed by atoms with Crippen LogP contribution in [-0.2, 0) is 4.79 Å². The van der Waals surface area contributed by atoms with E-state index in [1.54, 1.807) is 55.5 Å². The number of halogens is 1. The number of ether oxygens (including phenoxy) is 1. The summed E-state index contributed by atoms with van der Waals surface area (Å²) in [5, 5.41) is 4.22. The number of rotatable bonds is 4. The van der Waals surface area contributed by atoms with E-state index in [-0.39, 0.29) is 11.3 Å². The minimum absolute atomic E-state index is 0.0988. The number of carbonyl (C=O) groups is 1. The molecule has 0 spiro atoms. The Bertz CT molecular complexity index is 1300. The molecule has 0 saturated carbocycles. The highest BCUT2D eigenvalue weighted by molar-refractivity contribution is 6.32. The van der Waals surface area contributed by atoms with E-state index in [1.165, 1.54) is 0 Å². The Balaban J connectivity index is 1.62. The van der Waals surface area contributed by atoms with Gasteiger partial charge in [-0.1, -0.05) is 35.9 Å². The number of hydrogen-bond donors (Lipinski definition) is 1. The van der Waals surface area contributed by atoms with Crippen molar-refractivity contribution in [2.45, 2.75) is 20.0 Å². The minimum atomic E-state index is -0.767. The molecule has 6 heteroatoms. The van der Waals surface area contributed by atoms with Gasteiger partial charge in [-0.3, -0.25) is 9.59 Å². The highest BCUT2D eigenvalue weighted by Crippen LogP contribution is 2.26. The lowest BCUT2D eigenvalue weighted by atomic mass is 10.1. The Morgan fingerprint density at radius 3 is 2.66 bits per heavy atom. The van der Waals surface area contributed by atoms with Crippen molar-refractivity contribution in [1.29, 1.82) is 0 Å². The average Bonchev–Trinajstić information content (AvgIpc) is 2.70. The number of benzene rings is 3. The molecule has 1 N–H and O–H groups in total. The van der Waals surface area contributed by atoms with E-state index in [2.05, 4.69) is 5.32 Å². The second-order valence-electron chi connectivity index (χ2n) is 6.77. The molecule has 1 unspecified atom stereocenters. The number of hydrogen-bond acceptors (Lipinski definition) is 4. The van der Waals surface area contributed by atoms with E-state index in [0.29, 0.717) is 38.4 Å². The number of amides is 1. The van der Waals surface area contributed by atoms with Crippen molar-refractivity contribution in [2.75, 3.05) is 5.32 Å². The SMILES string of the molecule is Cc1cccc2c(=O)c3ccc(NC(=O)C(C)Oc4ccccc4Cl)cc3oc12. The quantitative estimate of drug-likeness (QED) is 0.465. The number of fused-ring (bicyclic) bond motifs is 2. The third-order valence-corrected chi connectivity index (χ3v) is 4.98. The predicted molar refractivity (Wildman–Crippen MR) is 115 cm³/mol. The third-order valence-electron chi connectivity index (χ3n) is 4.67. The first kappa shape index (κ1) is 19.0. The van der Waals surface area contributed by atoms with Crippen LogP contribution in [0.15, 0.2) is 69.9 Å². The highest BCUT2D eigenvalue weighted by atomic mass is 35.5. The summed E-state index contributed by atoms with van der Waals surface area (Å²) in [6.07, 6.45) is -0.767. The van der Waals surface area contributed by atoms with Gasteiger partial charge in [0.15, 0.2) is 6.10 Å². The molecule has 1 atom stereocenters. The molecule has 0 aliphatic heterocycles. The maximum atomic E-state index is 12.7. The Morgan fingerprint density at radius 1 is 1.07 bits per heavy atom. The van der Waals surface area contributed by atoms with Gasteiger partial charge in [-0.2, -0.15) is 0 Å². The Hall–Kier alpha value is -3.31. The Kier molecular flexibility index (Phi) is 4.99. The molecule has 29 heavy (non-hydrogen) atoms. The molecule has 0 bridgehead atoms. The lowest BCUT2D eigenvalue weighted by Gasteiger charge is -2.15. The van der Waals surface area contributed by atoms with Crippen LogP contribution in [0.3, 0.4) is 0 Å². The normalized spacial score (nSPS) is 12.1. The number of carbonyl (C=O) groups excluding carboxylic acids is 1. The molecule has 1 aromatic heterocycles. The molecule has 0 aliphatic carbocycles.